The number of benzene rings is 1. The SMILES string of the molecule is CCCN(CC(N)=S)Cc1cccc(Cl)c1. The summed E-state index contributed by atoms with van der Waals surface area (Å²) in [7, 11) is 0. The molecule has 0 radical (unpaired) electrons. The highest BCUT2D eigenvalue weighted by atomic mass is 35.5. The van der Waals surface area contributed by atoms with Crippen LogP contribution in [0.2, 0.25) is 5.02 Å². The van der Waals surface area contributed by atoms with Gasteiger partial charge in [-0.15, -0.1) is 0 Å². The predicted molar refractivity (Wildman–Crippen MR) is 73.8 cm³/mol. The van der Waals surface area contributed by atoms with Gasteiger partial charge in [-0.2, -0.15) is 0 Å². The summed E-state index contributed by atoms with van der Waals surface area (Å²) in [5.74, 6) is 0. The highest BCUT2D eigenvalue weighted by molar-refractivity contribution is 7.80. The number of hydrogen-bond acceptors (Lipinski definition) is 2. The maximum Gasteiger partial charge on any atom is 0.0870 e. The van der Waals surface area contributed by atoms with Gasteiger partial charge in [0.15, 0.2) is 0 Å². The van der Waals surface area contributed by atoms with Crippen molar-refractivity contribution in [2.24, 2.45) is 5.73 Å². The standard InChI is InChI=1S/C12H17ClN2S/c1-2-6-15(9-12(14)16)8-10-4-3-5-11(13)7-10/h3-5,7H,2,6,8-9H2,1H3,(H2,14,16). The Hall–Kier alpha value is -0.640. The molecule has 0 aliphatic carbocycles. The predicted octanol–water partition coefficient (Wildman–Crippen LogP) is 2.84. The Morgan fingerprint density at radius 3 is 2.81 bits per heavy atom. The zero-order chi connectivity index (χ0) is 12.0. The van der Waals surface area contributed by atoms with Gasteiger partial charge in [0.1, 0.15) is 0 Å². The number of thiocarbonyl (C=S) groups is 1. The molecule has 1 rings (SSSR count). The Balaban J connectivity index is 2.63. The molecule has 0 aromatic heterocycles. The third-order valence-corrected chi connectivity index (χ3v) is 2.58. The van der Waals surface area contributed by atoms with Gasteiger partial charge in [-0.1, -0.05) is 42.9 Å². The van der Waals surface area contributed by atoms with Crippen LogP contribution in [0.5, 0.6) is 0 Å². The van der Waals surface area contributed by atoms with E-state index in [-0.39, 0.29) is 0 Å². The molecule has 0 aliphatic rings. The van der Waals surface area contributed by atoms with Crippen molar-refractivity contribution >= 4 is 28.8 Å². The van der Waals surface area contributed by atoms with E-state index in [2.05, 4.69) is 17.9 Å². The Labute approximate surface area is 107 Å². The minimum Gasteiger partial charge on any atom is -0.392 e. The first-order valence-electron chi connectivity index (χ1n) is 5.37. The maximum atomic E-state index is 5.94. The molecule has 2 N–H and O–H groups in total. The first-order chi connectivity index (χ1) is 7.61. The van der Waals surface area contributed by atoms with E-state index in [0.29, 0.717) is 11.5 Å². The summed E-state index contributed by atoms with van der Waals surface area (Å²) >= 11 is 10.9. The van der Waals surface area contributed by atoms with Gasteiger partial charge in [0.2, 0.25) is 0 Å². The molecule has 16 heavy (non-hydrogen) atoms. The summed E-state index contributed by atoms with van der Waals surface area (Å²) in [6, 6.07) is 7.88. The first kappa shape index (κ1) is 13.4. The Morgan fingerprint density at radius 1 is 1.50 bits per heavy atom. The molecule has 2 nitrogen and oxygen atoms in total. The van der Waals surface area contributed by atoms with Crippen LogP contribution in [-0.4, -0.2) is 23.0 Å². The fourth-order valence-electron chi connectivity index (χ4n) is 1.64. The van der Waals surface area contributed by atoms with E-state index in [0.717, 1.165) is 24.5 Å². The molecule has 0 fully saturated rings. The molecular weight excluding hydrogens is 240 g/mol. The minimum absolute atomic E-state index is 0.537. The van der Waals surface area contributed by atoms with Gasteiger partial charge in [0.25, 0.3) is 0 Å². The Bertz CT molecular complexity index is 355. The molecule has 0 saturated carbocycles. The lowest BCUT2D eigenvalue weighted by atomic mass is 10.2. The summed E-state index contributed by atoms with van der Waals surface area (Å²) in [5.41, 5.74) is 6.76. The van der Waals surface area contributed by atoms with Crippen molar-refractivity contribution in [1.29, 1.82) is 0 Å². The summed E-state index contributed by atoms with van der Waals surface area (Å²) in [6.45, 7) is 4.63. The first-order valence-corrected chi connectivity index (χ1v) is 6.15. The fraction of sp³-hybridized carbons (Fsp3) is 0.417. The van der Waals surface area contributed by atoms with Crippen LogP contribution < -0.4 is 5.73 Å². The normalized spacial score (nSPS) is 10.7. The van der Waals surface area contributed by atoms with Crippen molar-refractivity contribution in [2.45, 2.75) is 19.9 Å². The van der Waals surface area contributed by atoms with Gasteiger partial charge in [0.05, 0.1) is 4.99 Å². The van der Waals surface area contributed by atoms with E-state index in [9.17, 15) is 0 Å². The quantitative estimate of drug-likeness (QED) is 0.794. The van der Waals surface area contributed by atoms with Crippen LogP contribution in [0.4, 0.5) is 0 Å². The third kappa shape index (κ3) is 4.92. The molecule has 0 amide bonds. The summed E-state index contributed by atoms with van der Waals surface area (Å²) in [6.07, 6.45) is 1.09. The number of nitrogens with two attached hydrogens (primary N) is 1. The van der Waals surface area contributed by atoms with Crippen LogP contribution in [0.15, 0.2) is 24.3 Å². The van der Waals surface area contributed by atoms with E-state index in [1.54, 1.807) is 0 Å². The van der Waals surface area contributed by atoms with Gasteiger partial charge in [0, 0.05) is 18.1 Å². The van der Waals surface area contributed by atoms with Gasteiger partial charge in [-0.25, -0.2) is 0 Å². The molecule has 0 unspecified atom stereocenters. The molecule has 0 heterocycles. The van der Waals surface area contributed by atoms with Crippen molar-refractivity contribution in [3.8, 4) is 0 Å². The molecule has 4 heteroatoms. The van der Waals surface area contributed by atoms with Gasteiger partial charge in [-0.05, 0) is 30.7 Å². The van der Waals surface area contributed by atoms with Crippen LogP contribution in [-0.2, 0) is 6.54 Å². The largest absolute Gasteiger partial charge is 0.392 e. The van der Waals surface area contributed by atoms with Crippen molar-refractivity contribution in [2.75, 3.05) is 13.1 Å². The molecule has 1 aromatic carbocycles. The third-order valence-electron chi connectivity index (χ3n) is 2.21. The molecule has 88 valence electrons. The van der Waals surface area contributed by atoms with Gasteiger partial charge >= 0.3 is 0 Å². The van der Waals surface area contributed by atoms with E-state index >= 15 is 0 Å². The number of halogens is 1. The lowest BCUT2D eigenvalue weighted by Crippen LogP contribution is -2.32. The van der Waals surface area contributed by atoms with Crippen LogP contribution in [0, 0.1) is 0 Å². The highest BCUT2D eigenvalue weighted by Crippen LogP contribution is 2.12. The highest BCUT2D eigenvalue weighted by Gasteiger charge is 2.06. The zero-order valence-electron chi connectivity index (χ0n) is 9.45. The second-order valence-electron chi connectivity index (χ2n) is 3.81. The number of rotatable bonds is 6. The van der Waals surface area contributed by atoms with Gasteiger partial charge in [-0.3, -0.25) is 4.90 Å². The minimum atomic E-state index is 0.537. The molecular formula is C12H17ClN2S. The van der Waals surface area contributed by atoms with Crippen LogP contribution >= 0.6 is 23.8 Å². The van der Waals surface area contributed by atoms with E-state index in [1.165, 1.54) is 5.56 Å². The zero-order valence-corrected chi connectivity index (χ0v) is 11.0. The summed E-state index contributed by atoms with van der Waals surface area (Å²) in [4.78, 5) is 2.77. The van der Waals surface area contributed by atoms with E-state index in [1.807, 2.05) is 18.2 Å². The van der Waals surface area contributed by atoms with Crippen molar-refractivity contribution < 1.29 is 0 Å². The molecule has 0 bridgehead atoms. The maximum absolute atomic E-state index is 5.94. The number of hydrogen-bond donors (Lipinski definition) is 1. The van der Waals surface area contributed by atoms with E-state index in [4.69, 9.17) is 29.6 Å². The molecule has 0 atom stereocenters. The fourth-order valence-corrected chi connectivity index (χ4v) is 2.04. The smallest absolute Gasteiger partial charge is 0.0870 e. The van der Waals surface area contributed by atoms with Gasteiger partial charge < -0.3 is 5.73 Å². The molecule has 1 aromatic rings. The topological polar surface area (TPSA) is 29.3 Å². The Kier molecular flexibility index (Phi) is 5.74. The van der Waals surface area contributed by atoms with Crippen molar-refractivity contribution in [3.05, 3.63) is 34.9 Å². The molecule has 0 saturated heterocycles. The Morgan fingerprint density at radius 2 is 2.25 bits per heavy atom. The van der Waals surface area contributed by atoms with Crippen molar-refractivity contribution in [3.63, 3.8) is 0 Å². The lowest BCUT2D eigenvalue weighted by Gasteiger charge is -2.21. The second kappa shape index (κ2) is 6.84. The van der Waals surface area contributed by atoms with Crippen molar-refractivity contribution in [1.82, 2.24) is 4.90 Å². The average Bonchev–Trinajstić information content (AvgIpc) is 2.16. The van der Waals surface area contributed by atoms with Crippen LogP contribution in [0.3, 0.4) is 0 Å². The second-order valence-corrected chi connectivity index (χ2v) is 4.77. The monoisotopic (exact) mass is 256 g/mol. The summed E-state index contributed by atoms with van der Waals surface area (Å²) < 4.78 is 0. The van der Waals surface area contributed by atoms with Crippen LogP contribution in [0.1, 0.15) is 18.9 Å². The lowest BCUT2D eigenvalue weighted by molar-refractivity contribution is 0.304. The molecule has 0 spiro atoms. The van der Waals surface area contributed by atoms with Crippen LogP contribution in [0.25, 0.3) is 0 Å². The number of nitrogens with zero attached hydrogens (tertiary/aromatic N) is 1. The summed E-state index contributed by atoms with van der Waals surface area (Å²) in [5, 5.41) is 0.768. The molecule has 0 aliphatic heterocycles. The van der Waals surface area contributed by atoms with E-state index < -0.39 is 0 Å². The average molecular weight is 257 g/mol.